The van der Waals surface area contributed by atoms with Crippen LogP contribution < -0.4 is 10.1 Å². The van der Waals surface area contributed by atoms with Crippen molar-refractivity contribution in [2.24, 2.45) is 0 Å². The van der Waals surface area contributed by atoms with Crippen LogP contribution in [0.25, 0.3) is 17.2 Å². The number of anilines is 1. The second-order valence-corrected chi connectivity index (χ2v) is 7.69. The molecule has 5 nitrogen and oxygen atoms in total. The maximum Gasteiger partial charge on any atom is 0.341 e. The zero-order chi connectivity index (χ0) is 22.2. The minimum atomic E-state index is -0.491. The van der Waals surface area contributed by atoms with Gasteiger partial charge in [0.05, 0.1) is 13.2 Å². The van der Waals surface area contributed by atoms with E-state index in [0.29, 0.717) is 33.5 Å². The number of carbonyl (C=O) groups is 2. The van der Waals surface area contributed by atoms with Gasteiger partial charge in [-0.3, -0.25) is 4.79 Å². The Bertz CT molecular complexity index is 1090. The van der Waals surface area contributed by atoms with E-state index in [1.165, 1.54) is 17.4 Å². The molecule has 0 unspecified atom stereocenters. The number of thiophene rings is 1. The predicted molar refractivity (Wildman–Crippen MR) is 126 cm³/mol. The summed E-state index contributed by atoms with van der Waals surface area (Å²) in [7, 11) is 0. The third-order valence-electron chi connectivity index (χ3n) is 4.30. The van der Waals surface area contributed by atoms with Crippen molar-refractivity contribution in [3.63, 3.8) is 0 Å². The monoisotopic (exact) mass is 455 g/mol. The molecule has 31 heavy (non-hydrogen) atoms. The molecule has 1 amide bonds. The Hall–Kier alpha value is -3.09. The first kappa shape index (κ1) is 22.6. The average Bonchev–Trinajstić information content (AvgIpc) is 3.17. The summed E-state index contributed by atoms with van der Waals surface area (Å²) in [6, 6.07) is 14.6. The molecule has 1 aromatic heterocycles. The van der Waals surface area contributed by atoms with Crippen molar-refractivity contribution in [3.8, 4) is 16.9 Å². The lowest BCUT2D eigenvalue weighted by Gasteiger charge is -2.08. The fourth-order valence-corrected chi connectivity index (χ4v) is 4.01. The fourth-order valence-electron chi connectivity index (χ4n) is 2.92. The molecule has 0 atom stereocenters. The molecule has 0 aliphatic carbocycles. The van der Waals surface area contributed by atoms with Gasteiger partial charge in [-0.25, -0.2) is 4.79 Å². The molecule has 0 bridgehead atoms. The lowest BCUT2D eigenvalue weighted by molar-refractivity contribution is -0.111. The molecule has 0 aliphatic heterocycles. The second kappa shape index (κ2) is 10.8. The summed E-state index contributed by atoms with van der Waals surface area (Å²) in [6.07, 6.45) is 3.09. The third-order valence-corrected chi connectivity index (χ3v) is 5.44. The van der Waals surface area contributed by atoms with Crippen LogP contribution in [0.4, 0.5) is 5.00 Å². The first-order chi connectivity index (χ1) is 15.0. The molecule has 2 aromatic carbocycles. The minimum Gasteiger partial charge on any atom is -0.493 e. The molecular formula is C24H22ClNO4S. The standard InChI is InChI=1S/C24H22ClNO4S/c1-3-29-20-8-6-5-7-17(20)11-14-21(27)26-23-22(24(28)30-4-2)19(15-31-23)16-9-12-18(25)13-10-16/h5-15H,3-4H2,1-2H3,(H,26,27)/b14-11+. The van der Waals surface area contributed by atoms with Crippen LogP contribution >= 0.6 is 22.9 Å². The molecule has 7 heteroatoms. The van der Waals surface area contributed by atoms with E-state index in [9.17, 15) is 9.59 Å². The van der Waals surface area contributed by atoms with Gasteiger partial charge in [0, 0.05) is 27.6 Å². The van der Waals surface area contributed by atoms with Crippen LogP contribution in [0, 0.1) is 0 Å². The van der Waals surface area contributed by atoms with E-state index in [-0.39, 0.29) is 12.5 Å². The van der Waals surface area contributed by atoms with Crippen molar-refractivity contribution >= 4 is 45.9 Å². The van der Waals surface area contributed by atoms with E-state index in [0.717, 1.165) is 11.1 Å². The summed E-state index contributed by atoms with van der Waals surface area (Å²) in [5.74, 6) is -0.154. The molecule has 3 aromatic rings. The quantitative estimate of drug-likeness (QED) is 0.320. The Balaban J connectivity index is 1.86. The number of halogens is 1. The molecule has 0 saturated carbocycles. The van der Waals surface area contributed by atoms with Gasteiger partial charge in [0.1, 0.15) is 16.3 Å². The maximum absolute atomic E-state index is 12.6. The van der Waals surface area contributed by atoms with E-state index < -0.39 is 5.97 Å². The zero-order valence-electron chi connectivity index (χ0n) is 17.2. The van der Waals surface area contributed by atoms with Gasteiger partial charge in [0.15, 0.2) is 0 Å². The molecule has 0 aliphatic rings. The molecule has 1 heterocycles. The van der Waals surface area contributed by atoms with Crippen molar-refractivity contribution in [2.45, 2.75) is 13.8 Å². The van der Waals surface area contributed by atoms with Gasteiger partial charge >= 0.3 is 5.97 Å². The number of amides is 1. The number of carbonyl (C=O) groups excluding carboxylic acids is 2. The highest BCUT2D eigenvalue weighted by molar-refractivity contribution is 7.15. The Kier molecular flexibility index (Phi) is 7.87. The highest BCUT2D eigenvalue weighted by Gasteiger charge is 2.22. The first-order valence-corrected chi connectivity index (χ1v) is 11.0. The van der Waals surface area contributed by atoms with E-state index >= 15 is 0 Å². The topological polar surface area (TPSA) is 64.6 Å². The molecule has 3 rings (SSSR count). The maximum atomic E-state index is 12.6. The SMILES string of the molecule is CCOC(=O)c1c(-c2ccc(Cl)cc2)csc1NC(=O)/C=C/c1ccccc1OCC. The number of hydrogen-bond donors (Lipinski definition) is 1. The van der Waals surface area contributed by atoms with Crippen molar-refractivity contribution in [1.29, 1.82) is 0 Å². The summed E-state index contributed by atoms with van der Waals surface area (Å²) in [4.78, 5) is 25.2. The van der Waals surface area contributed by atoms with Gasteiger partial charge in [-0.05, 0) is 43.7 Å². The van der Waals surface area contributed by atoms with Crippen LogP contribution in [0.5, 0.6) is 5.75 Å². The Morgan fingerprint density at radius 1 is 1.06 bits per heavy atom. The summed E-state index contributed by atoms with van der Waals surface area (Å²) < 4.78 is 10.8. The van der Waals surface area contributed by atoms with Crippen LogP contribution in [0.2, 0.25) is 5.02 Å². The van der Waals surface area contributed by atoms with Crippen LogP contribution in [-0.4, -0.2) is 25.1 Å². The Morgan fingerprint density at radius 2 is 1.81 bits per heavy atom. The first-order valence-electron chi connectivity index (χ1n) is 9.78. The van der Waals surface area contributed by atoms with Crippen LogP contribution in [0.1, 0.15) is 29.8 Å². The third kappa shape index (κ3) is 5.75. The molecule has 0 spiro atoms. The minimum absolute atomic E-state index is 0.232. The van der Waals surface area contributed by atoms with E-state index in [1.807, 2.05) is 48.7 Å². The zero-order valence-corrected chi connectivity index (χ0v) is 18.8. The summed E-state index contributed by atoms with van der Waals surface area (Å²) >= 11 is 7.25. The average molecular weight is 456 g/mol. The highest BCUT2D eigenvalue weighted by atomic mass is 35.5. The number of hydrogen-bond acceptors (Lipinski definition) is 5. The highest BCUT2D eigenvalue weighted by Crippen LogP contribution is 2.36. The molecule has 0 fully saturated rings. The van der Waals surface area contributed by atoms with E-state index in [1.54, 1.807) is 25.1 Å². The largest absolute Gasteiger partial charge is 0.493 e. The molecular weight excluding hydrogens is 434 g/mol. The van der Waals surface area contributed by atoms with Gasteiger partial charge in [-0.15, -0.1) is 11.3 Å². The summed E-state index contributed by atoms with van der Waals surface area (Å²) in [5, 5.41) is 5.64. The van der Waals surface area contributed by atoms with Gasteiger partial charge in [0.25, 0.3) is 0 Å². The lowest BCUT2D eigenvalue weighted by Crippen LogP contribution is -2.12. The predicted octanol–water partition coefficient (Wildman–Crippen LogP) is 6.30. The number of para-hydroxylation sites is 1. The molecule has 1 N–H and O–H groups in total. The number of ether oxygens (including phenoxy) is 2. The van der Waals surface area contributed by atoms with Crippen molar-refractivity contribution in [3.05, 3.63) is 76.1 Å². The number of nitrogens with one attached hydrogen (secondary N) is 1. The van der Waals surface area contributed by atoms with Crippen LogP contribution in [0.3, 0.4) is 0 Å². The van der Waals surface area contributed by atoms with Crippen molar-refractivity contribution in [2.75, 3.05) is 18.5 Å². The molecule has 160 valence electrons. The van der Waals surface area contributed by atoms with Gasteiger partial charge < -0.3 is 14.8 Å². The normalized spacial score (nSPS) is 10.8. The van der Waals surface area contributed by atoms with Gasteiger partial charge in [-0.1, -0.05) is 41.9 Å². The second-order valence-electron chi connectivity index (χ2n) is 6.37. The van der Waals surface area contributed by atoms with Crippen molar-refractivity contribution < 1.29 is 19.1 Å². The summed E-state index contributed by atoms with van der Waals surface area (Å²) in [5.41, 5.74) is 2.61. The van der Waals surface area contributed by atoms with E-state index in [2.05, 4.69) is 5.32 Å². The van der Waals surface area contributed by atoms with Crippen LogP contribution in [0.15, 0.2) is 60.0 Å². The summed E-state index contributed by atoms with van der Waals surface area (Å²) in [6.45, 7) is 4.40. The van der Waals surface area contributed by atoms with Crippen molar-refractivity contribution in [1.82, 2.24) is 0 Å². The number of esters is 1. The molecule has 0 saturated heterocycles. The Morgan fingerprint density at radius 3 is 2.52 bits per heavy atom. The van der Waals surface area contributed by atoms with Gasteiger partial charge in [0.2, 0.25) is 5.91 Å². The molecule has 0 radical (unpaired) electrons. The van der Waals surface area contributed by atoms with Crippen LogP contribution in [-0.2, 0) is 9.53 Å². The number of rotatable bonds is 8. The lowest BCUT2D eigenvalue weighted by atomic mass is 10.0. The van der Waals surface area contributed by atoms with E-state index in [4.69, 9.17) is 21.1 Å². The number of benzene rings is 2. The smallest absolute Gasteiger partial charge is 0.341 e. The Labute approximate surface area is 190 Å². The fraction of sp³-hybridized carbons (Fsp3) is 0.167. The van der Waals surface area contributed by atoms with Gasteiger partial charge in [-0.2, -0.15) is 0 Å².